The maximum absolute atomic E-state index is 12.2. The number of urea groups is 1. The molecule has 0 bridgehead atoms. The number of hydrogen-bond acceptors (Lipinski definition) is 2. The van der Waals surface area contributed by atoms with Crippen LogP contribution in [0.2, 0.25) is 0 Å². The Bertz CT molecular complexity index is 906. The molecule has 0 saturated carbocycles. The molecule has 0 fully saturated rings. The first kappa shape index (κ1) is 17.2. The molecule has 0 spiro atoms. The van der Waals surface area contributed by atoms with Gasteiger partial charge in [-0.25, -0.2) is 4.79 Å². The van der Waals surface area contributed by atoms with E-state index in [9.17, 15) is 9.59 Å². The molecular weight excluding hydrogens is 326 g/mol. The predicted molar refractivity (Wildman–Crippen MR) is 104 cm³/mol. The van der Waals surface area contributed by atoms with Crippen LogP contribution in [-0.2, 0) is 11.2 Å². The van der Waals surface area contributed by atoms with Crippen LogP contribution in [0.15, 0.2) is 78.9 Å². The minimum atomic E-state index is -0.646. The van der Waals surface area contributed by atoms with Crippen LogP contribution in [0.3, 0.4) is 0 Å². The highest BCUT2D eigenvalue weighted by atomic mass is 16.2. The maximum atomic E-state index is 12.2. The van der Waals surface area contributed by atoms with Crippen molar-refractivity contribution in [1.82, 2.24) is 0 Å². The Morgan fingerprint density at radius 2 is 1.35 bits per heavy atom. The number of amides is 3. The highest BCUT2D eigenvalue weighted by molar-refractivity contribution is 5.94. The molecule has 0 unspecified atom stereocenters. The summed E-state index contributed by atoms with van der Waals surface area (Å²) in [5, 5.41) is 5.30. The summed E-state index contributed by atoms with van der Waals surface area (Å²) in [4.78, 5) is 23.1. The van der Waals surface area contributed by atoms with E-state index in [1.807, 2.05) is 42.5 Å². The molecule has 0 heterocycles. The van der Waals surface area contributed by atoms with Gasteiger partial charge in [-0.05, 0) is 34.9 Å². The van der Waals surface area contributed by atoms with E-state index in [0.29, 0.717) is 11.4 Å². The van der Waals surface area contributed by atoms with Gasteiger partial charge in [0.1, 0.15) is 0 Å². The van der Waals surface area contributed by atoms with Crippen LogP contribution in [0, 0.1) is 0 Å². The average molecular weight is 345 g/mol. The van der Waals surface area contributed by atoms with Crippen LogP contribution >= 0.6 is 0 Å². The zero-order valence-electron chi connectivity index (χ0n) is 14.1. The van der Waals surface area contributed by atoms with E-state index in [1.54, 1.807) is 24.3 Å². The van der Waals surface area contributed by atoms with Crippen molar-refractivity contribution in [3.63, 3.8) is 0 Å². The summed E-state index contributed by atoms with van der Waals surface area (Å²) in [6.07, 6.45) is 0.266. The van der Waals surface area contributed by atoms with Crippen LogP contribution in [0.25, 0.3) is 11.1 Å². The quantitative estimate of drug-likeness (QED) is 0.652. The van der Waals surface area contributed by atoms with E-state index >= 15 is 0 Å². The number of primary amides is 1. The lowest BCUT2D eigenvalue weighted by atomic mass is 10.0. The highest BCUT2D eigenvalue weighted by Crippen LogP contribution is 2.20. The Labute approximate surface area is 151 Å². The lowest BCUT2D eigenvalue weighted by molar-refractivity contribution is -0.115. The molecule has 0 atom stereocenters. The highest BCUT2D eigenvalue weighted by Gasteiger charge is 2.06. The van der Waals surface area contributed by atoms with Crippen molar-refractivity contribution in [3.05, 3.63) is 84.4 Å². The van der Waals surface area contributed by atoms with Crippen LogP contribution in [0.1, 0.15) is 5.56 Å². The molecule has 0 saturated heterocycles. The van der Waals surface area contributed by atoms with Gasteiger partial charge in [0.15, 0.2) is 0 Å². The second-order valence-corrected chi connectivity index (χ2v) is 5.86. The number of carbonyl (C=O) groups excluding carboxylic acids is 2. The zero-order valence-corrected chi connectivity index (χ0v) is 14.1. The summed E-state index contributed by atoms with van der Waals surface area (Å²) < 4.78 is 0. The van der Waals surface area contributed by atoms with Gasteiger partial charge in [-0.1, -0.05) is 60.7 Å². The van der Waals surface area contributed by atoms with Gasteiger partial charge in [-0.2, -0.15) is 0 Å². The molecule has 0 aromatic heterocycles. The molecule has 3 aromatic rings. The first-order valence-corrected chi connectivity index (χ1v) is 8.21. The Hall–Kier alpha value is -3.60. The van der Waals surface area contributed by atoms with Crippen molar-refractivity contribution in [2.45, 2.75) is 6.42 Å². The first-order chi connectivity index (χ1) is 12.6. The Kier molecular flexibility index (Phi) is 5.29. The summed E-state index contributed by atoms with van der Waals surface area (Å²) in [6.45, 7) is 0. The number of benzene rings is 3. The summed E-state index contributed by atoms with van der Waals surface area (Å²) in [5.41, 5.74) is 9.40. The van der Waals surface area contributed by atoms with E-state index < -0.39 is 6.03 Å². The summed E-state index contributed by atoms with van der Waals surface area (Å²) >= 11 is 0. The lowest BCUT2D eigenvalue weighted by Crippen LogP contribution is -2.19. The Morgan fingerprint density at radius 1 is 0.731 bits per heavy atom. The molecule has 3 aromatic carbocycles. The lowest BCUT2D eigenvalue weighted by Gasteiger charge is -2.08. The summed E-state index contributed by atoms with van der Waals surface area (Å²) in [5.74, 6) is -0.131. The number of rotatable bonds is 5. The monoisotopic (exact) mass is 345 g/mol. The molecular formula is C21H19N3O2. The standard InChI is InChI=1S/C21H19N3O2/c22-21(26)24-19-8-4-7-18(14-19)23-20(25)13-15-9-11-17(12-10-15)16-5-2-1-3-6-16/h1-12,14H,13H2,(H,23,25)(H3,22,24,26). The average Bonchev–Trinajstić information content (AvgIpc) is 2.63. The van der Waals surface area contributed by atoms with Gasteiger partial charge in [0, 0.05) is 11.4 Å². The third kappa shape index (κ3) is 4.70. The van der Waals surface area contributed by atoms with Gasteiger partial charge < -0.3 is 16.4 Å². The van der Waals surface area contributed by atoms with Crippen molar-refractivity contribution in [1.29, 1.82) is 0 Å². The second kappa shape index (κ2) is 7.98. The van der Waals surface area contributed by atoms with Gasteiger partial charge in [-0.3, -0.25) is 4.79 Å². The molecule has 0 aliphatic carbocycles. The molecule has 26 heavy (non-hydrogen) atoms. The number of carbonyl (C=O) groups is 2. The van der Waals surface area contributed by atoms with Crippen molar-refractivity contribution in [2.75, 3.05) is 10.6 Å². The van der Waals surface area contributed by atoms with E-state index in [2.05, 4.69) is 22.8 Å². The van der Waals surface area contributed by atoms with E-state index in [1.165, 1.54) is 0 Å². The summed E-state index contributed by atoms with van der Waals surface area (Å²) in [6, 6.07) is 24.2. The number of nitrogens with one attached hydrogen (secondary N) is 2. The topological polar surface area (TPSA) is 84.2 Å². The number of hydrogen-bond donors (Lipinski definition) is 3. The van der Waals surface area contributed by atoms with Crippen LogP contribution in [0.4, 0.5) is 16.2 Å². The van der Waals surface area contributed by atoms with Crippen molar-refractivity contribution in [3.8, 4) is 11.1 Å². The smallest absolute Gasteiger partial charge is 0.316 e. The Morgan fingerprint density at radius 3 is 2.00 bits per heavy atom. The van der Waals surface area contributed by atoms with Crippen molar-refractivity contribution < 1.29 is 9.59 Å². The molecule has 130 valence electrons. The van der Waals surface area contributed by atoms with Gasteiger partial charge in [-0.15, -0.1) is 0 Å². The SMILES string of the molecule is NC(=O)Nc1cccc(NC(=O)Cc2ccc(-c3ccccc3)cc2)c1. The fourth-order valence-electron chi connectivity index (χ4n) is 2.65. The molecule has 0 aliphatic rings. The van der Waals surface area contributed by atoms with E-state index in [4.69, 9.17) is 5.73 Å². The second-order valence-electron chi connectivity index (χ2n) is 5.86. The van der Waals surface area contributed by atoms with Gasteiger partial charge in [0.25, 0.3) is 0 Å². The summed E-state index contributed by atoms with van der Waals surface area (Å²) in [7, 11) is 0. The number of anilines is 2. The molecule has 0 radical (unpaired) electrons. The van der Waals surface area contributed by atoms with E-state index in [-0.39, 0.29) is 12.3 Å². The fraction of sp³-hybridized carbons (Fsp3) is 0.0476. The molecule has 4 N–H and O–H groups in total. The van der Waals surface area contributed by atoms with Crippen molar-refractivity contribution in [2.24, 2.45) is 5.73 Å². The van der Waals surface area contributed by atoms with Gasteiger partial charge in [0.05, 0.1) is 6.42 Å². The van der Waals surface area contributed by atoms with Crippen molar-refractivity contribution >= 4 is 23.3 Å². The zero-order chi connectivity index (χ0) is 18.4. The number of nitrogens with two attached hydrogens (primary N) is 1. The third-order valence-electron chi connectivity index (χ3n) is 3.84. The normalized spacial score (nSPS) is 10.2. The third-order valence-corrected chi connectivity index (χ3v) is 3.84. The largest absolute Gasteiger partial charge is 0.351 e. The van der Waals surface area contributed by atoms with Gasteiger partial charge >= 0.3 is 6.03 Å². The van der Waals surface area contributed by atoms with Crippen LogP contribution in [0.5, 0.6) is 0 Å². The minimum absolute atomic E-state index is 0.131. The van der Waals surface area contributed by atoms with Crippen LogP contribution < -0.4 is 16.4 Å². The predicted octanol–water partition coefficient (Wildman–Crippen LogP) is 4.03. The maximum Gasteiger partial charge on any atom is 0.316 e. The molecule has 5 nitrogen and oxygen atoms in total. The molecule has 3 amide bonds. The molecule has 0 aliphatic heterocycles. The van der Waals surface area contributed by atoms with Gasteiger partial charge in [0.2, 0.25) is 5.91 Å². The minimum Gasteiger partial charge on any atom is -0.351 e. The molecule has 5 heteroatoms. The molecule has 3 rings (SSSR count). The van der Waals surface area contributed by atoms with E-state index in [0.717, 1.165) is 16.7 Å². The van der Waals surface area contributed by atoms with Crippen LogP contribution in [-0.4, -0.2) is 11.9 Å². The fourth-order valence-corrected chi connectivity index (χ4v) is 2.65. The Balaban J connectivity index is 1.62. The first-order valence-electron chi connectivity index (χ1n) is 8.21.